The molecule has 1 aromatic rings. The molecular weight excluding hydrogens is 210 g/mol. The minimum atomic E-state index is -0.0630. The van der Waals surface area contributed by atoms with E-state index in [1.165, 1.54) is 28.7 Å². The molecule has 1 unspecified atom stereocenters. The van der Waals surface area contributed by atoms with Crippen LogP contribution in [0.25, 0.3) is 0 Å². The summed E-state index contributed by atoms with van der Waals surface area (Å²) in [6.45, 7) is 6.58. The highest BCUT2D eigenvalue weighted by molar-refractivity contribution is 5.39. The molecule has 1 saturated carbocycles. The van der Waals surface area contributed by atoms with Gasteiger partial charge in [0, 0.05) is 11.5 Å². The van der Waals surface area contributed by atoms with Gasteiger partial charge in [-0.15, -0.1) is 0 Å². The fraction of sp³-hybridized carbons (Fsp3) is 0.600. The summed E-state index contributed by atoms with van der Waals surface area (Å²) in [6.07, 6.45) is 3.30. The summed E-state index contributed by atoms with van der Waals surface area (Å²) in [7, 11) is 0. The van der Waals surface area contributed by atoms with Crippen molar-refractivity contribution in [2.75, 3.05) is 6.61 Å². The molecule has 0 saturated heterocycles. The Morgan fingerprint density at radius 3 is 2.24 bits per heavy atom. The van der Waals surface area contributed by atoms with Gasteiger partial charge in [-0.1, -0.05) is 18.6 Å². The third-order valence-corrected chi connectivity index (χ3v) is 4.54. The van der Waals surface area contributed by atoms with E-state index in [9.17, 15) is 5.11 Å². The summed E-state index contributed by atoms with van der Waals surface area (Å²) in [5.41, 5.74) is 11.4. The number of benzene rings is 1. The Balaban J connectivity index is 2.36. The van der Waals surface area contributed by atoms with Crippen molar-refractivity contribution in [1.82, 2.24) is 0 Å². The third-order valence-electron chi connectivity index (χ3n) is 4.54. The summed E-state index contributed by atoms with van der Waals surface area (Å²) in [6, 6.07) is 4.37. The van der Waals surface area contributed by atoms with E-state index >= 15 is 0 Å². The molecule has 0 aromatic heterocycles. The Bertz CT molecular complexity index is 416. The molecule has 1 fully saturated rings. The summed E-state index contributed by atoms with van der Waals surface area (Å²) < 4.78 is 0. The molecule has 1 aromatic carbocycles. The first-order valence-electron chi connectivity index (χ1n) is 6.44. The fourth-order valence-corrected chi connectivity index (χ4v) is 2.85. The van der Waals surface area contributed by atoms with Gasteiger partial charge < -0.3 is 10.8 Å². The van der Waals surface area contributed by atoms with Crippen LogP contribution in [-0.4, -0.2) is 11.7 Å². The largest absolute Gasteiger partial charge is 0.396 e. The Hall–Kier alpha value is -0.860. The molecule has 0 amide bonds. The quantitative estimate of drug-likeness (QED) is 0.843. The van der Waals surface area contributed by atoms with E-state index in [-0.39, 0.29) is 18.1 Å². The maximum atomic E-state index is 9.60. The molecule has 2 nitrogen and oxygen atoms in total. The molecule has 2 rings (SSSR count). The Labute approximate surface area is 104 Å². The van der Waals surface area contributed by atoms with E-state index in [1.807, 2.05) is 0 Å². The molecular formula is C15H23NO. The number of rotatable bonds is 3. The zero-order valence-corrected chi connectivity index (χ0v) is 11.1. The van der Waals surface area contributed by atoms with Gasteiger partial charge in [-0.2, -0.15) is 0 Å². The van der Waals surface area contributed by atoms with Crippen LogP contribution in [-0.2, 0) is 0 Å². The molecule has 94 valence electrons. The van der Waals surface area contributed by atoms with E-state index in [0.29, 0.717) is 0 Å². The molecule has 1 atom stereocenters. The van der Waals surface area contributed by atoms with Gasteiger partial charge in [0.05, 0.1) is 6.61 Å². The van der Waals surface area contributed by atoms with Gasteiger partial charge >= 0.3 is 0 Å². The molecule has 0 spiro atoms. The van der Waals surface area contributed by atoms with Crippen molar-refractivity contribution in [3.05, 3.63) is 34.4 Å². The predicted molar refractivity (Wildman–Crippen MR) is 71.0 cm³/mol. The lowest BCUT2D eigenvalue weighted by atomic mass is 9.62. The maximum Gasteiger partial charge on any atom is 0.0505 e. The van der Waals surface area contributed by atoms with Gasteiger partial charge in [0.25, 0.3) is 0 Å². The Morgan fingerprint density at radius 1 is 1.18 bits per heavy atom. The lowest BCUT2D eigenvalue weighted by Crippen LogP contribution is -2.43. The highest BCUT2D eigenvalue weighted by Crippen LogP contribution is 2.49. The van der Waals surface area contributed by atoms with Crippen LogP contribution in [0.3, 0.4) is 0 Å². The molecule has 0 aliphatic heterocycles. The fourth-order valence-electron chi connectivity index (χ4n) is 2.85. The van der Waals surface area contributed by atoms with E-state index in [4.69, 9.17) is 5.73 Å². The Morgan fingerprint density at radius 2 is 1.76 bits per heavy atom. The van der Waals surface area contributed by atoms with E-state index in [1.54, 1.807) is 0 Å². The van der Waals surface area contributed by atoms with Crippen molar-refractivity contribution in [2.45, 2.75) is 46.1 Å². The summed E-state index contributed by atoms with van der Waals surface area (Å²) >= 11 is 0. The highest BCUT2D eigenvalue weighted by Gasteiger charge is 2.42. The zero-order chi connectivity index (χ0) is 12.6. The van der Waals surface area contributed by atoms with Crippen molar-refractivity contribution in [3.8, 4) is 0 Å². The van der Waals surface area contributed by atoms with Gasteiger partial charge in [-0.25, -0.2) is 0 Å². The lowest BCUT2D eigenvalue weighted by molar-refractivity contribution is 0.0182. The summed E-state index contributed by atoms with van der Waals surface area (Å²) in [5, 5.41) is 9.60. The minimum Gasteiger partial charge on any atom is -0.396 e. The van der Waals surface area contributed by atoms with E-state index in [2.05, 4.69) is 32.9 Å². The van der Waals surface area contributed by atoms with Gasteiger partial charge in [0.15, 0.2) is 0 Å². The van der Waals surface area contributed by atoms with E-state index in [0.717, 1.165) is 12.8 Å². The second-order valence-corrected chi connectivity index (χ2v) is 5.64. The Kier molecular flexibility index (Phi) is 3.28. The SMILES string of the molecule is Cc1cc(C)c(C(N)C2(CO)CCC2)cc1C. The molecule has 0 heterocycles. The molecule has 1 aliphatic rings. The molecule has 17 heavy (non-hydrogen) atoms. The summed E-state index contributed by atoms with van der Waals surface area (Å²) in [4.78, 5) is 0. The molecule has 0 bridgehead atoms. The van der Waals surface area contributed by atoms with Crippen LogP contribution in [0.2, 0.25) is 0 Å². The average Bonchev–Trinajstić information content (AvgIpc) is 2.22. The van der Waals surface area contributed by atoms with Crippen LogP contribution >= 0.6 is 0 Å². The first-order valence-corrected chi connectivity index (χ1v) is 6.44. The second-order valence-electron chi connectivity index (χ2n) is 5.64. The van der Waals surface area contributed by atoms with Crippen LogP contribution in [0.1, 0.15) is 47.6 Å². The zero-order valence-electron chi connectivity index (χ0n) is 11.1. The van der Waals surface area contributed by atoms with Crippen molar-refractivity contribution in [1.29, 1.82) is 0 Å². The van der Waals surface area contributed by atoms with Crippen LogP contribution in [0, 0.1) is 26.2 Å². The molecule has 1 aliphatic carbocycles. The van der Waals surface area contributed by atoms with Crippen molar-refractivity contribution < 1.29 is 5.11 Å². The topological polar surface area (TPSA) is 46.2 Å². The number of aliphatic hydroxyl groups excluding tert-OH is 1. The molecule has 2 heteroatoms. The van der Waals surface area contributed by atoms with Crippen LogP contribution in [0.4, 0.5) is 0 Å². The maximum absolute atomic E-state index is 9.60. The van der Waals surface area contributed by atoms with Crippen molar-refractivity contribution >= 4 is 0 Å². The monoisotopic (exact) mass is 233 g/mol. The van der Waals surface area contributed by atoms with Crippen LogP contribution in [0.15, 0.2) is 12.1 Å². The summed E-state index contributed by atoms with van der Waals surface area (Å²) in [5.74, 6) is 0. The van der Waals surface area contributed by atoms with Gasteiger partial charge in [0.2, 0.25) is 0 Å². The number of hydrogen-bond acceptors (Lipinski definition) is 2. The highest BCUT2D eigenvalue weighted by atomic mass is 16.3. The normalized spacial score (nSPS) is 19.8. The van der Waals surface area contributed by atoms with Gasteiger partial charge in [0.1, 0.15) is 0 Å². The molecule has 3 N–H and O–H groups in total. The number of aliphatic hydroxyl groups is 1. The third kappa shape index (κ3) is 2.00. The standard InChI is InChI=1S/C15H23NO/c1-10-7-12(3)13(8-11(10)2)14(16)15(9-17)5-4-6-15/h7-8,14,17H,4-6,9,16H2,1-3H3. The molecule has 0 radical (unpaired) electrons. The first kappa shape index (κ1) is 12.6. The van der Waals surface area contributed by atoms with Crippen LogP contribution in [0.5, 0.6) is 0 Å². The van der Waals surface area contributed by atoms with Crippen molar-refractivity contribution in [3.63, 3.8) is 0 Å². The lowest BCUT2D eigenvalue weighted by Gasteiger charge is -2.45. The van der Waals surface area contributed by atoms with Gasteiger partial charge in [-0.3, -0.25) is 0 Å². The predicted octanol–water partition coefficient (Wildman–Crippen LogP) is 2.77. The van der Waals surface area contributed by atoms with Crippen molar-refractivity contribution in [2.24, 2.45) is 11.1 Å². The van der Waals surface area contributed by atoms with Crippen LogP contribution < -0.4 is 5.73 Å². The second kappa shape index (κ2) is 4.43. The minimum absolute atomic E-state index is 0.0273. The number of aryl methyl sites for hydroxylation is 3. The number of nitrogens with two attached hydrogens (primary N) is 1. The van der Waals surface area contributed by atoms with E-state index < -0.39 is 0 Å². The first-order chi connectivity index (χ1) is 8.00. The number of hydrogen-bond donors (Lipinski definition) is 2. The average molecular weight is 233 g/mol. The smallest absolute Gasteiger partial charge is 0.0505 e. The van der Waals surface area contributed by atoms with Gasteiger partial charge in [-0.05, 0) is 55.9 Å².